The van der Waals surface area contributed by atoms with Gasteiger partial charge in [-0.15, -0.1) is 0 Å². The Morgan fingerprint density at radius 1 is 1.65 bits per heavy atom. The highest BCUT2D eigenvalue weighted by atomic mass is 79.9. The minimum Gasteiger partial charge on any atom is -0.365 e. The molecule has 1 saturated heterocycles. The van der Waals surface area contributed by atoms with Crippen molar-refractivity contribution in [1.82, 2.24) is 9.88 Å². The molecule has 1 unspecified atom stereocenters. The molecule has 0 aromatic carbocycles. The number of aromatic nitrogens is 1. The van der Waals surface area contributed by atoms with Crippen molar-refractivity contribution in [2.24, 2.45) is 0 Å². The third kappa shape index (κ3) is 3.19. The van der Waals surface area contributed by atoms with Crippen LogP contribution in [0.25, 0.3) is 0 Å². The van der Waals surface area contributed by atoms with Gasteiger partial charge in [-0.3, -0.25) is 4.79 Å². The van der Waals surface area contributed by atoms with Gasteiger partial charge in [-0.05, 0) is 34.5 Å². The molecule has 1 atom stereocenters. The molecule has 0 radical (unpaired) electrons. The first-order valence-corrected chi connectivity index (χ1v) is 6.64. The summed E-state index contributed by atoms with van der Waals surface area (Å²) in [6.45, 7) is 3.53. The van der Waals surface area contributed by atoms with E-state index in [1.54, 1.807) is 6.20 Å². The lowest BCUT2D eigenvalue weighted by Crippen LogP contribution is -2.31. The van der Waals surface area contributed by atoms with Crippen LogP contribution in [0.2, 0.25) is 0 Å². The number of anilines is 1. The summed E-state index contributed by atoms with van der Waals surface area (Å²) < 4.78 is 0.970. The predicted octanol–water partition coefficient (Wildman–Crippen LogP) is 2.27. The van der Waals surface area contributed by atoms with Crippen LogP contribution < -0.4 is 5.32 Å². The summed E-state index contributed by atoms with van der Waals surface area (Å²) in [5, 5.41) is 3.35. The maximum Gasteiger partial charge on any atom is 0.222 e. The van der Waals surface area contributed by atoms with E-state index in [0.29, 0.717) is 12.5 Å². The van der Waals surface area contributed by atoms with Crippen LogP contribution in [0.1, 0.15) is 19.8 Å². The van der Waals surface area contributed by atoms with Gasteiger partial charge < -0.3 is 10.2 Å². The van der Waals surface area contributed by atoms with Gasteiger partial charge in [-0.2, -0.15) is 0 Å². The summed E-state index contributed by atoms with van der Waals surface area (Å²) in [6.07, 6.45) is 3.35. The van der Waals surface area contributed by atoms with Gasteiger partial charge in [0.1, 0.15) is 5.82 Å². The maximum absolute atomic E-state index is 11.5. The quantitative estimate of drug-likeness (QED) is 0.931. The fourth-order valence-electron chi connectivity index (χ4n) is 2.00. The van der Waals surface area contributed by atoms with Crippen molar-refractivity contribution in [2.45, 2.75) is 25.8 Å². The Balaban J connectivity index is 1.89. The van der Waals surface area contributed by atoms with Crippen molar-refractivity contribution < 1.29 is 4.79 Å². The predicted molar refractivity (Wildman–Crippen MR) is 70.8 cm³/mol. The van der Waals surface area contributed by atoms with Crippen molar-refractivity contribution >= 4 is 27.7 Å². The number of carbonyl (C=O) groups is 1. The Hall–Kier alpha value is -1.10. The molecule has 1 aromatic heterocycles. The van der Waals surface area contributed by atoms with Gasteiger partial charge in [0.15, 0.2) is 0 Å². The van der Waals surface area contributed by atoms with Crippen molar-refractivity contribution in [2.75, 3.05) is 18.4 Å². The minimum absolute atomic E-state index is 0.234. The van der Waals surface area contributed by atoms with Crippen LogP contribution >= 0.6 is 15.9 Å². The Labute approximate surface area is 110 Å². The second-order valence-electron chi connectivity index (χ2n) is 4.18. The number of pyridine rings is 1. The number of carbonyl (C=O) groups excluding carboxylic acids is 1. The zero-order chi connectivity index (χ0) is 12.3. The van der Waals surface area contributed by atoms with Crippen molar-refractivity contribution in [3.63, 3.8) is 0 Å². The van der Waals surface area contributed by atoms with E-state index >= 15 is 0 Å². The maximum atomic E-state index is 11.5. The molecular formula is C12H16BrN3O. The van der Waals surface area contributed by atoms with Gasteiger partial charge in [0.2, 0.25) is 5.91 Å². The van der Waals surface area contributed by atoms with Crippen LogP contribution in [0, 0.1) is 0 Å². The molecule has 5 heteroatoms. The Morgan fingerprint density at radius 2 is 2.47 bits per heavy atom. The standard InChI is InChI=1S/C12H16BrN3O/c1-2-12(17)16-6-5-10(8-16)15-11-4-3-9(13)7-14-11/h3-4,7,10H,2,5-6,8H2,1H3,(H,14,15). The Kier molecular flexibility index (Phi) is 3.99. The molecular weight excluding hydrogens is 282 g/mol. The van der Waals surface area contributed by atoms with E-state index in [1.165, 1.54) is 0 Å². The zero-order valence-corrected chi connectivity index (χ0v) is 11.4. The minimum atomic E-state index is 0.234. The second-order valence-corrected chi connectivity index (χ2v) is 5.10. The number of halogens is 1. The van der Waals surface area contributed by atoms with Crippen LogP contribution in [0.3, 0.4) is 0 Å². The fourth-order valence-corrected chi connectivity index (χ4v) is 2.23. The highest BCUT2D eigenvalue weighted by Crippen LogP contribution is 2.16. The molecule has 0 spiro atoms. The summed E-state index contributed by atoms with van der Waals surface area (Å²) in [5.74, 6) is 1.10. The first-order chi connectivity index (χ1) is 8.19. The van der Waals surface area contributed by atoms with Gasteiger partial charge in [0.25, 0.3) is 0 Å². The molecule has 0 bridgehead atoms. The number of nitrogens with zero attached hydrogens (tertiary/aromatic N) is 2. The lowest BCUT2D eigenvalue weighted by atomic mass is 10.2. The van der Waals surface area contributed by atoms with Crippen LogP contribution in [0.4, 0.5) is 5.82 Å². The van der Waals surface area contributed by atoms with E-state index in [4.69, 9.17) is 0 Å². The smallest absolute Gasteiger partial charge is 0.222 e. The Morgan fingerprint density at radius 3 is 3.12 bits per heavy atom. The number of hydrogen-bond acceptors (Lipinski definition) is 3. The molecule has 17 heavy (non-hydrogen) atoms. The van der Waals surface area contributed by atoms with E-state index < -0.39 is 0 Å². The third-order valence-corrected chi connectivity index (χ3v) is 3.39. The largest absolute Gasteiger partial charge is 0.365 e. The van der Waals surface area contributed by atoms with E-state index in [1.807, 2.05) is 24.0 Å². The summed E-state index contributed by atoms with van der Waals surface area (Å²) in [7, 11) is 0. The fraction of sp³-hybridized carbons (Fsp3) is 0.500. The topological polar surface area (TPSA) is 45.2 Å². The molecule has 1 fully saturated rings. The van der Waals surface area contributed by atoms with Gasteiger partial charge in [0, 0.05) is 36.2 Å². The average molecular weight is 298 g/mol. The van der Waals surface area contributed by atoms with Crippen molar-refractivity contribution in [3.8, 4) is 0 Å². The number of amides is 1. The lowest BCUT2D eigenvalue weighted by Gasteiger charge is -2.16. The van der Waals surface area contributed by atoms with Crippen molar-refractivity contribution in [1.29, 1.82) is 0 Å². The Bertz CT molecular complexity index is 393. The first kappa shape index (κ1) is 12.4. The molecule has 4 nitrogen and oxygen atoms in total. The highest BCUT2D eigenvalue weighted by molar-refractivity contribution is 9.10. The molecule has 92 valence electrons. The summed E-state index contributed by atoms with van der Waals surface area (Å²) in [6, 6.07) is 4.22. The van der Waals surface area contributed by atoms with Crippen LogP contribution in [-0.2, 0) is 4.79 Å². The zero-order valence-electron chi connectivity index (χ0n) is 9.82. The molecule has 2 rings (SSSR count). The molecule has 1 amide bonds. The van der Waals surface area contributed by atoms with E-state index in [0.717, 1.165) is 29.8 Å². The molecule has 1 N–H and O–H groups in total. The summed E-state index contributed by atoms with van der Waals surface area (Å²) in [4.78, 5) is 17.7. The molecule has 1 aliphatic heterocycles. The highest BCUT2D eigenvalue weighted by Gasteiger charge is 2.25. The van der Waals surface area contributed by atoms with Gasteiger partial charge in [-0.25, -0.2) is 4.98 Å². The summed E-state index contributed by atoms with van der Waals surface area (Å²) in [5.41, 5.74) is 0. The SMILES string of the molecule is CCC(=O)N1CCC(Nc2ccc(Br)cn2)C1. The lowest BCUT2D eigenvalue weighted by molar-refractivity contribution is -0.129. The van der Waals surface area contributed by atoms with Gasteiger partial charge in [0.05, 0.1) is 0 Å². The van der Waals surface area contributed by atoms with Crippen LogP contribution in [0.5, 0.6) is 0 Å². The van der Waals surface area contributed by atoms with E-state index in [-0.39, 0.29) is 5.91 Å². The molecule has 0 saturated carbocycles. The van der Waals surface area contributed by atoms with E-state index in [2.05, 4.69) is 26.2 Å². The first-order valence-electron chi connectivity index (χ1n) is 5.85. The second kappa shape index (κ2) is 5.49. The molecule has 1 aliphatic rings. The number of nitrogens with one attached hydrogen (secondary N) is 1. The van der Waals surface area contributed by atoms with Gasteiger partial charge >= 0.3 is 0 Å². The third-order valence-electron chi connectivity index (χ3n) is 2.92. The molecule has 2 heterocycles. The average Bonchev–Trinajstić information content (AvgIpc) is 2.80. The number of hydrogen-bond donors (Lipinski definition) is 1. The summed E-state index contributed by atoms with van der Waals surface area (Å²) >= 11 is 3.35. The van der Waals surface area contributed by atoms with Gasteiger partial charge in [-0.1, -0.05) is 6.92 Å². The normalized spacial score (nSPS) is 19.4. The monoisotopic (exact) mass is 297 g/mol. The van der Waals surface area contributed by atoms with Crippen molar-refractivity contribution in [3.05, 3.63) is 22.8 Å². The number of likely N-dealkylation sites (tertiary alicyclic amines) is 1. The molecule has 1 aromatic rings. The molecule has 0 aliphatic carbocycles. The van der Waals surface area contributed by atoms with E-state index in [9.17, 15) is 4.79 Å². The van der Waals surface area contributed by atoms with Crippen LogP contribution in [0.15, 0.2) is 22.8 Å². The number of rotatable bonds is 3. The van der Waals surface area contributed by atoms with Crippen LogP contribution in [-0.4, -0.2) is 34.9 Å².